The maximum atomic E-state index is 13.8. The van der Waals surface area contributed by atoms with Crippen LogP contribution in [0, 0.1) is 13.8 Å². The predicted octanol–water partition coefficient (Wildman–Crippen LogP) is 5.80. The Morgan fingerprint density at radius 3 is 2.44 bits per heavy atom. The lowest BCUT2D eigenvalue weighted by molar-refractivity contribution is 0.708. The number of para-hydroxylation sites is 1. The average molecular weight is 445 g/mol. The summed E-state index contributed by atoms with van der Waals surface area (Å²) in [6.45, 7) is 4.08. The molecule has 0 saturated heterocycles. The first kappa shape index (κ1) is 20.4. The smallest absolute Gasteiger partial charge is 0.265 e. The first-order chi connectivity index (χ1) is 16.6. The quantitative estimate of drug-likeness (QED) is 0.382. The highest BCUT2D eigenvalue weighted by molar-refractivity contribution is 5.85. The number of fused-ring (bicyclic) bond motifs is 2. The normalized spacial score (nSPS) is 15.2. The van der Waals surface area contributed by atoms with Gasteiger partial charge in [0, 0.05) is 11.3 Å². The van der Waals surface area contributed by atoms with Gasteiger partial charge in [-0.05, 0) is 61.7 Å². The number of aryl methyl sites for hydroxylation is 2. The van der Waals surface area contributed by atoms with Crippen LogP contribution in [0.15, 0.2) is 83.7 Å². The van der Waals surface area contributed by atoms with Crippen molar-refractivity contribution in [3.8, 4) is 5.69 Å². The zero-order valence-electron chi connectivity index (χ0n) is 19.1. The number of allylic oxidation sites excluding steroid dienone is 1. The molecule has 0 amide bonds. The molecule has 6 rings (SSSR count). The maximum Gasteiger partial charge on any atom is 0.265 e. The zero-order valence-corrected chi connectivity index (χ0v) is 19.1. The molecule has 0 spiro atoms. The minimum absolute atomic E-state index is 0.0528. The zero-order chi connectivity index (χ0) is 23.2. The molecule has 0 aliphatic heterocycles. The molecule has 3 aromatic carbocycles. The van der Waals surface area contributed by atoms with E-state index in [1.807, 2.05) is 80.6 Å². The Morgan fingerprint density at radius 2 is 1.65 bits per heavy atom. The van der Waals surface area contributed by atoms with Gasteiger partial charge in [-0.2, -0.15) is 5.10 Å². The molecule has 1 atom stereocenters. The van der Waals surface area contributed by atoms with Crippen LogP contribution < -0.4 is 5.56 Å². The molecule has 1 unspecified atom stereocenters. The number of hydrogen-bond acceptors (Lipinski definition) is 3. The summed E-state index contributed by atoms with van der Waals surface area (Å²) in [4.78, 5) is 18.9. The Kier molecular flexibility index (Phi) is 4.77. The van der Waals surface area contributed by atoms with Gasteiger partial charge in [0.25, 0.3) is 5.56 Å². The maximum absolute atomic E-state index is 13.8. The van der Waals surface area contributed by atoms with Crippen LogP contribution >= 0.6 is 0 Å². The van der Waals surface area contributed by atoms with Crippen LogP contribution in [0.25, 0.3) is 28.2 Å². The summed E-state index contributed by atoms with van der Waals surface area (Å²) < 4.78 is 1.79. The molecule has 2 heterocycles. The number of H-pyrrole nitrogens is 1. The number of benzene rings is 3. The molecule has 0 bridgehead atoms. The van der Waals surface area contributed by atoms with E-state index in [1.165, 1.54) is 5.57 Å². The van der Waals surface area contributed by atoms with E-state index >= 15 is 0 Å². The SMILES string of the molecule is Cc1ccc(-n2c(C3CC(c4ccccc4)=Cc4n[nH]c(C)c43)nc3ccccc3c2=O)cc1. The van der Waals surface area contributed by atoms with Crippen LogP contribution in [0.1, 0.15) is 46.2 Å². The molecular formula is C29H24N4O. The van der Waals surface area contributed by atoms with E-state index < -0.39 is 0 Å². The summed E-state index contributed by atoms with van der Waals surface area (Å²) in [5, 5.41) is 8.37. The summed E-state index contributed by atoms with van der Waals surface area (Å²) in [7, 11) is 0. The molecule has 0 fully saturated rings. The summed E-state index contributed by atoms with van der Waals surface area (Å²) in [5.41, 5.74) is 7.97. The number of rotatable bonds is 3. The van der Waals surface area contributed by atoms with Crippen LogP contribution in [0.3, 0.4) is 0 Å². The summed E-state index contributed by atoms with van der Waals surface area (Å²) in [6, 6.07) is 26.0. The Labute approximate surface area is 197 Å². The molecule has 5 aromatic rings. The third-order valence-electron chi connectivity index (χ3n) is 6.66. The summed E-state index contributed by atoms with van der Waals surface area (Å²) in [5.74, 6) is 0.618. The monoisotopic (exact) mass is 444 g/mol. The summed E-state index contributed by atoms with van der Waals surface area (Å²) in [6.07, 6.45) is 2.88. The van der Waals surface area contributed by atoms with E-state index in [1.54, 1.807) is 4.57 Å². The molecule has 34 heavy (non-hydrogen) atoms. The fourth-order valence-electron chi connectivity index (χ4n) is 4.95. The van der Waals surface area contributed by atoms with Gasteiger partial charge in [-0.15, -0.1) is 0 Å². The van der Waals surface area contributed by atoms with Crippen molar-refractivity contribution in [3.05, 3.63) is 123 Å². The molecule has 2 aromatic heterocycles. The third kappa shape index (κ3) is 3.28. The van der Waals surface area contributed by atoms with E-state index in [0.717, 1.165) is 46.0 Å². The van der Waals surface area contributed by atoms with Gasteiger partial charge in [0.2, 0.25) is 0 Å². The van der Waals surface area contributed by atoms with Crippen LogP contribution in [0.4, 0.5) is 0 Å². The van der Waals surface area contributed by atoms with E-state index in [4.69, 9.17) is 4.98 Å². The van der Waals surface area contributed by atoms with Gasteiger partial charge in [-0.25, -0.2) is 4.98 Å². The van der Waals surface area contributed by atoms with Crippen molar-refractivity contribution < 1.29 is 0 Å². The molecule has 166 valence electrons. The first-order valence-electron chi connectivity index (χ1n) is 11.5. The van der Waals surface area contributed by atoms with E-state index in [9.17, 15) is 4.79 Å². The first-order valence-corrected chi connectivity index (χ1v) is 11.5. The minimum Gasteiger partial charge on any atom is -0.282 e. The number of nitrogens with zero attached hydrogens (tertiary/aromatic N) is 3. The van der Waals surface area contributed by atoms with Crippen molar-refractivity contribution in [2.45, 2.75) is 26.2 Å². The van der Waals surface area contributed by atoms with E-state index in [2.05, 4.69) is 28.4 Å². The number of hydrogen-bond donors (Lipinski definition) is 1. The fraction of sp³-hybridized carbons (Fsp3) is 0.138. The van der Waals surface area contributed by atoms with Gasteiger partial charge < -0.3 is 0 Å². The highest BCUT2D eigenvalue weighted by Gasteiger charge is 2.31. The second-order valence-electron chi connectivity index (χ2n) is 8.90. The largest absolute Gasteiger partial charge is 0.282 e. The highest BCUT2D eigenvalue weighted by Crippen LogP contribution is 2.42. The third-order valence-corrected chi connectivity index (χ3v) is 6.66. The van der Waals surface area contributed by atoms with Gasteiger partial charge in [0.15, 0.2) is 0 Å². The lowest BCUT2D eigenvalue weighted by Gasteiger charge is -2.26. The van der Waals surface area contributed by atoms with Crippen molar-refractivity contribution in [1.82, 2.24) is 19.7 Å². The van der Waals surface area contributed by atoms with Crippen LogP contribution in [0.5, 0.6) is 0 Å². The van der Waals surface area contributed by atoms with E-state index in [0.29, 0.717) is 10.9 Å². The van der Waals surface area contributed by atoms with Crippen molar-refractivity contribution in [2.24, 2.45) is 0 Å². The minimum atomic E-state index is -0.118. The van der Waals surface area contributed by atoms with Crippen molar-refractivity contribution in [3.63, 3.8) is 0 Å². The number of aromatic amines is 1. The predicted molar refractivity (Wildman–Crippen MR) is 136 cm³/mol. The second-order valence-corrected chi connectivity index (χ2v) is 8.90. The lowest BCUT2D eigenvalue weighted by atomic mass is 9.82. The van der Waals surface area contributed by atoms with Gasteiger partial charge >= 0.3 is 0 Å². The number of nitrogens with one attached hydrogen (secondary N) is 1. The summed E-state index contributed by atoms with van der Waals surface area (Å²) >= 11 is 0. The van der Waals surface area contributed by atoms with E-state index in [-0.39, 0.29) is 11.5 Å². The lowest BCUT2D eigenvalue weighted by Crippen LogP contribution is -2.27. The van der Waals surface area contributed by atoms with Gasteiger partial charge in [-0.3, -0.25) is 14.5 Å². The number of aromatic nitrogens is 4. The molecule has 1 N–H and O–H groups in total. The Balaban J connectivity index is 1.63. The Bertz CT molecular complexity index is 1610. The van der Waals surface area contributed by atoms with Crippen molar-refractivity contribution >= 4 is 22.6 Å². The standard InChI is InChI=1S/C29H24N4O/c1-18-12-14-22(15-13-18)33-28(30-25-11-7-6-10-23(25)29(33)34)24-16-21(20-8-4-3-5-9-20)17-26-27(24)19(2)31-32-26/h3-15,17,24H,16H2,1-2H3,(H,31,32). The molecule has 5 heteroatoms. The fourth-order valence-corrected chi connectivity index (χ4v) is 4.95. The van der Waals surface area contributed by atoms with Crippen LogP contribution in [-0.4, -0.2) is 19.7 Å². The van der Waals surface area contributed by atoms with Gasteiger partial charge in [-0.1, -0.05) is 60.2 Å². The van der Waals surface area contributed by atoms with Gasteiger partial charge in [0.1, 0.15) is 5.82 Å². The average Bonchev–Trinajstić information content (AvgIpc) is 3.25. The molecular weight excluding hydrogens is 420 g/mol. The van der Waals surface area contributed by atoms with Crippen LogP contribution in [-0.2, 0) is 0 Å². The van der Waals surface area contributed by atoms with Crippen LogP contribution in [0.2, 0.25) is 0 Å². The molecule has 0 saturated carbocycles. The molecule has 0 radical (unpaired) electrons. The second kappa shape index (κ2) is 7.96. The van der Waals surface area contributed by atoms with Gasteiger partial charge in [0.05, 0.1) is 28.2 Å². The van der Waals surface area contributed by atoms with Crippen molar-refractivity contribution in [1.29, 1.82) is 0 Å². The molecule has 1 aliphatic rings. The topological polar surface area (TPSA) is 63.6 Å². The Hall–Kier alpha value is -4.25. The highest BCUT2D eigenvalue weighted by atomic mass is 16.1. The Morgan fingerprint density at radius 1 is 0.912 bits per heavy atom. The van der Waals surface area contributed by atoms with Crippen molar-refractivity contribution in [2.75, 3.05) is 0 Å². The molecule has 1 aliphatic carbocycles. The molecule has 5 nitrogen and oxygen atoms in total.